The van der Waals surface area contributed by atoms with Gasteiger partial charge in [-0.25, -0.2) is 8.42 Å². The third-order valence-electron chi connectivity index (χ3n) is 5.45. The minimum absolute atomic E-state index is 0.0434. The Balaban J connectivity index is 1.46. The quantitative estimate of drug-likeness (QED) is 0.842. The maximum Gasteiger partial charge on any atom is 0.271 e. The van der Waals surface area contributed by atoms with Crippen LogP contribution in [-0.4, -0.2) is 58.6 Å². The van der Waals surface area contributed by atoms with Crippen LogP contribution in [0.4, 0.5) is 0 Å². The lowest BCUT2D eigenvalue weighted by molar-refractivity contribution is 0.0753. The molecule has 2 aliphatic heterocycles. The highest BCUT2D eigenvalue weighted by atomic mass is 35.5. The molecule has 3 heterocycles. The van der Waals surface area contributed by atoms with Crippen molar-refractivity contribution in [2.24, 2.45) is 5.92 Å². The van der Waals surface area contributed by atoms with E-state index < -0.39 is 15.3 Å². The second-order valence-corrected chi connectivity index (χ2v) is 9.69. The molecule has 2 saturated heterocycles. The molecule has 0 spiro atoms. The first-order valence-electron chi connectivity index (χ1n) is 8.97. The third-order valence-corrected chi connectivity index (χ3v) is 8.09. The molecular formula is C18H21ClN4O3S. The lowest BCUT2D eigenvalue weighted by Gasteiger charge is -2.21. The smallest absolute Gasteiger partial charge is 0.271 e. The molecule has 1 aromatic heterocycles. The highest BCUT2D eigenvalue weighted by molar-refractivity contribution is 7.90. The summed E-state index contributed by atoms with van der Waals surface area (Å²) in [6, 6.07) is 8.90. The van der Waals surface area contributed by atoms with Crippen LogP contribution in [0.25, 0.3) is 0 Å². The summed E-state index contributed by atoms with van der Waals surface area (Å²) in [4.78, 5) is 14.2. The number of H-pyrrole nitrogens is 1. The lowest BCUT2D eigenvalue weighted by Crippen LogP contribution is -2.34. The molecule has 2 fully saturated rings. The van der Waals surface area contributed by atoms with E-state index in [0.29, 0.717) is 49.7 Å². The van der Waals surface area contributed by atoms with Gasteiger partial charge in [0.05, 0.1) is 5.25 Å². The monoisotopic (exact) mass is 408 g/mol. The topological polar surface area (TPSA) is 86.4 Å². The van der Waals surface area contributed by atoms with E-state index in [-0.39, 0.29) is 11.8 Å². The number of sulfonamides is 1. The van der Waals surface area contributed by atoms with Gasteiger partial charge in [-0.2, -0.15) is 9.40 Å². The SMILES string of the molecule is O=C(c1ccn[nH]1)N1CC[C@@H]2CN(Cc3ccc(Cl)cc3)S(=O)(=O)[C@@H]2CC1. The summed E-state index contributed by atoms with van der Waals surface area (Å²) >= 11 is 5.91. The van der Waals surface area contributed by atoms with E-state index in [1.165, 1.54) is 0 Å². The molecule has 2 aliphatic rings. The summed E-state index contributed by atoms with van der Waals surface area (Å²) in [5.74, 6) is -0.0789. The molecule has 9 heteroatoms. The molecule has 0 unspecified atom stereocenters. The molecule has 1 amide bonds. The van der Waals surface area contributed by atoms with Crippen molar-refractivity contribution >= 4 is 27.5 Å². The largest absolute Gasteiger partial charge is 0.337 e. The van der Waals surface area contributed by atoms with Crippen LogP contribution in [0.2, 0.25) is 5.02 Å². The molecular weight excluding hydrogens is 388 g/mol. The Bertz CT molecular complexity index is 915. The molecule has 7 nitrogen and oxygen atoms in total. The lowest BCUT2D eigenvalue weighted by atomic mass is 10.0. The fraction of sp³-hybridized carbons (Fsp3) is 0.444. The Hall–Kier alpha value is -1.90. The number of amides is 1. The molecule has 4 rings (SSSR count). The van der Waals surface area contributed by atoms with Gasteiger partial charge in [0, 0.05) is 37.4 Å². The minimum Gasteiger partial charge on any atom is -0.337 e. The zero-order valence-corrected chi connectivity index (χ0v) is 16.3. The van der Waals surface area contributed by atoms with Crippen LogP contribution >= 0.6 is 11.6 Å². The first kappa shape index (κ1) is 18.5. The van der Waals surface area contributed by atoms with Crippen molar-refractivity contribution < 1.29 is 13.2 Å². The normalized spacial score (nSPS) is 25.1. The van der Waals surface area contributed by atoms with E-state index in [1.807, 2.05) is 12.1 Å². The van der Waals surface area contributed by atoms with Crippen molar-refractivity contribution in [3.8, 4) is 0 Å². The summed E-state index contributed by atoms with van der Waals surface area (Å²) in [7, 11) is -3.38. The van der Waals surface area contributed by atoms with E-state index in [1.54, 1.807) is 33.6 Å². The summed E-state index contributed by atoms with van der Waals surface area (Å²) in [5.41, 5.74) is 1.37. The predicted molar refractivity (Wildman–Crippen MR) is 102 cm³/mol. The van der Waals surface area contributed by atoms with E-state index >= 15 is 0 Å². The summed E-state index contributed by atoms with van der Waals surface area (Å²) < 4.78 is 27.7. The maximum atomic E-state index is 13.0. The van der Waals surface area contributed by atoms with Crippen LogP contribution < -0.4 is 0 Å². The van der Waals surface area contributed by atoms with Gasteiger partial charge in [-0.1, -0.05) is 23.7 Å². The molecule has 0 radical (unpaired) electrons. The Kier molecular flexibility index (Phi) is 4.96. The average molecular weight is 409 g/mol. The van der Waals surface area contributed by atoms with Gasteiger partial charge in [-0.3, -0.25) is 9.89 Å². The number of fused-ring (bicyclic) bond motifs is 1. The molecule has 1 N–H and O–H groups in total. The van der Waals surface area contributed by atoms with Crippen LogP contribution in [0.3, 0.4) is 0 Å². The van der Waals surface area contributed by atoms with Gasteiger partial charge in [0.25, 0.3) is 5.91 Å². The minimum atomic E-state index is -3.38. The summed E-state index contributed by atoms with van der Waals surface area (Å²) in [6.07, 6.45) is 2.68. The first-order valence-corrected chi connectivity index (χ1v) is 10.9. The standard InChI is InChI=1S/C18H21ClN4O3S/c19-15-3-1-13(2-4-15)11-23-12-14-6-9-22(10-7-17(14)27(23,25)26)18(24)16-5-8-20-21-16/h1-5,8,14,17H,6-7,9-12H2,(H,20,21)/t14-,17-/m1/s1. The number of likely N-dealkylation sites (tertiary alicyclic amines) is 1. The van der Waals surface area contributed by atoms with Crippen molar-refractivity contribution in [3.05, 3.63) is 52.8 Å². The van der Waals surface area contributed by atoms with Crippen molar-refractivity contribution in [1.82, 2.24) is 19.4 Å². The van der Waals surface area contributed by atoms with Crippen molar-refractivity contribution in [2.75, 3.05) is 19.6 Å². The zero-order valence-electron chi connectivity index (χ0n) is 14.7. The number of halogens is 1. The highest BCUT2D eigenvalue weighted by Gasteiger charge is 2.47. The molecule has 2 aromatic rings. The predicted octanol–water partition coefficient (Wildman–Crippen LogP) is 2.13. The van der Waals surface area contributed by atoms with Gasteiger partial charge in [-0.15, -0.1) is 0 Å². The van der Waals surface area contributed by atoms with Crippen molar-refractivity contribution in [1.29, 1.82) is 0 Å². The Morgan fingerprint density at radius 1 is 1.19 bits per heavy atom. The van der Waals surface area contributed by atoms with Crippen LogP contribution in [0, 0.1) is 5.92 Å². The fourth-order valence-corrected chi connectivity index (χ4v) is 6.34. The number of nitrogens with one attached hydrogen (secondary N) is 1. The number of carbonyl (C=O) groups excluding carboxylic acids is 1. The van der Waals surface area contributed by atoms with Crippen molar-refractivity contribution in [2.45, 2.75) is 24.6 Å². The number of carbonyl (C=O) groups is 1. The van der Waals surface area contributed by atoms with Gasteiger partial charge >= 0.3 is 0 Å². The maximum absolute atomic E-state index is 13.0. The number of aromatic nitrogens is 2. The number of rotatable bonds is 3. The number of nitrogens with zero attached hydrogens (tertiary/aromatic N) is 3. The molecule has 2 atom stereocenters. The number of hydrogen-bond donors (Lipinski definition) is 1. The fourth-order valence-electron chi connectivity index (χ4n) is 3.99. The molecule has 0 saturated carbocycles. The van der Waals surface area contributed by atoms with Gasteiger partial charge in [0.2, 0.25) is 10.0 Å². The van der Waals surface area contributed by atoms with Gasteiger partial charge < -0.3 is 4.90 Å². The molecule has 0 bridgehead atoms. The Morgan fingerprint density at radius 2 is 1.93 bits per heavy atom. The second-order valence-electron chi connectivity index (χ2n) is 7.10. The van der Waals surface area contributed by atoms with Crippen LogP contribution in [0.5, 0.6) is 0 Å². The number of hydrogen-bond acceptors (Lipinski definition) is 4. The van der Waals surface area contributed by atoms with Crippen LogP contribution in [-0.2, 0) is 16.6 Å². The summed E-state index contributed by atoms with van der Waals surface area (Å²) in [5, 5.41) is 6.70. The summed E-state index contributed by atoms with van der Waals surface area (Å²) in [6.45, 7) is 1.86. The van der Waals surface area contributed by atoms with Gasteiger partial charge in [0.1, 0.15) is 5.69 Å². The molecule has 27 heavy (non-hydrogen) atoms. The van der Waals surface area contributed by atoms with Crippen molar-refractivity contribution in [3.63, 3.8) is 0 Å². The second kappa shape index (κ2) is 7.26. The van der Waals surface area contributed by atoms with Gasteiger partial charge in [-0.05, 0) is 42.5 Å². The van der Waals surface area contributed by atoms with E-state index in [9.17, 15) is 13.2 Å². The number of aromatic amines is 1. The number of benzene rings is 1. The Labute approximate surface area is 163 Å². The average Bonchev–Trinajstić information content (AvgIpc) is 3.18. The van der Waals surface area contributed by atoms with Crippen LogP contribution in [0.15, 0.2) is 36.5 Å². The van der Waals surface area contributed by atoms with E-state index in [0.717, 1.165) is 5.56 Å². The van der Waals surface area contributed by atoms with E-state index in [4.69, 9.17) is 11.6 Å². The molecule has 1 aromatic carbocycles. The zero-order chi connectivity index (χ0) is 19.0. The molecule has 144 valence electrons. The molecule has 0 aliphatic carbocycles. The highest BCUT2D eigenvalue weighted by Crippen LogP contribution is 2.35. The van der Waals surface area contributed by atoms with Gasteiger partial charge in [0.15, 0.2) is 0 Å². The third kappa shape index (κ3) is 3.61. The first-order chi connectivity index (χ1) is 12.9. The Morgan fingerprint density at radius 3 is 2.63 bits per heavy atom. The van der Waals surface area contributed by atoms with E-state index in [2.05, 4.69) is 10.2 Å². The van der Waals surface area contributed by atoms with Crippen LogP contribution in [0.1, 0.15) is 28.9 Å².